The Morgan fingerprint density at radius 2 is 2.18 bits per heavy atom. The SMILES string of the molecule is C=C(/N=N/C(=N/N=c1/ccccn1C)c1ncc[nH]1)[N+](=C)C. The Labute approximate surface area is 127 Å². The number of hydrogen-bond acceptors (Lipinski definition) is 4. The summed E-state index contributed by atoms with van der Waals surface area (Å²) in [6.07, 6.45) is 5.15. The summed E-state index contributed by atoms with van der Waals surface area (Å²) < 4.78 is 3.33. The molecule has 0 aliphatic rings. The minimum atomic E-state index is 0.247. The second-order valence-electron chi connectivity index (χ2n) is 4.45. The van der Waals surface area contributed by atoms with Gasteiger partial charge in [0.05, 0.1) is 18.9 Å². The third kappa shape index (κ3) is 3.92. The van der Waals surface area contributed by atoms with E-state index < -0.39 is 0 Å². The zero-order chi connectivity index (χ0) is 15.9. The molecule has 0 aliphatic carbocycles. The van der Waals surface area contributed by atoms with Crippen LogP contribution in [-0.4, -0.2) is 38.7 Å². The summed E-state index contributed by atoms with van der Waals surface area (Å²) in [6.45, 7) is 7.40. The summed E-state index contributed by atoms with van der Waals surface area (Å²) in [4.78, 5) is 7.03. The number of azo groups is 1. The van der Waals surface area contributed by atoms with Crippen molar-refractivity contribution in [2.75, 3.05) is 7.05 Å². The molecule has 0 fully saturated rings. The van der Waals surface area contributed by atoms with E-state index in [1.165, 1.54) is 4.58 Å². The predicted octanol–water partition coefficient (Wildman–Crippen LogP) is 1.28. The van der Waals surface area contributed by atoms with Crippen LogP contribution in [-0.2, 0) is 7.05 Å². The lowest BCUT2D eigenvalue weighted by Gasteiger charge is -1.95. The third-order valence-electron chi connectivity index (χ3n) is 2.69. The highest BCUT2D eigenvalue weighted by molar-refractivity contribution is 5.95. The highest BCUT2D eigenvalue weighted by Crippen LogP contribution is 2.00. The first kappa shape index (κ1) is 15.2. The van der Waals surface area contributed by atoms with Crippen LogP contribution in [0.3, 0.4) is 0 Å². The second-order valence-corrected chi connectivity index (χ2v) is 4.45. The van der Waals surface area contributed by atoms with E-state index in [9.17, 15) is 0 Å². The van der Waals surface area contributed by atoms with E-state index in [0.29, 0.717) is 17.1 Å². The van der Waals surface area contributed by atoms with E-state index in [1.807, 2.05) is 36.0 Å². The standard InChI is InChI=1S/C14H17N8/c1-11(21(2)3)17-19-14(13-15-8-9-16-13)20-18-12-7-5-6-10-22(12)4/h5-10H,1-2H2,3-4H3,(H,15,16)/q+1/b18-12-,19-17+,20-14+. The molecule has 8 nitrogen and oxygen atoms in total. The quantitative estimate of drug-likeness (QED) is 0.298. The number of H-pyrrole nitrogens is 1. The van der Waals surface area contributed by atoms with Crippen molar-refractivity contribution < 1.29 is 4.58 Å². The Bertz CT molecular complexity index is 792. The highest BCUT2D eigenvalue weighted by atomic mass is 15.3. The van der Waals surface area contributed by atoms with Crippen LogP contribution in [0.4, 0.5) is 0 Å². The van der Waals surface area contributed by atoms with Crippen molar-refractivity contribution in [2.24, 2.45) is 27.5 Å². The molecule has 0 amide bonds. The summed E-state index contributed by atoms with van der Waals surface area (Å²) in [7, 11) is 3.60. The molecule has 0 aromatic carbocycles. The minimum absolute atomic E-state index is 0.247. The van der Waals surface area contributed by atoms with Crippen LogP contribution in [0.25, 0.3) is 0 Å². The summed E-state index contributed by atoms with van der Waals surface area (Å²) in [5.41, 5.74) is 0.676. The average molecular weight is 297 g/mol. The van der Waals surface area contributed by atoms with Gasteiger partial charge >= 0.3 is 5.82 Å². The monoisotopic (exact) mass is 297 g/mol. The molecule has 2 heterocycles. The number of amidine groups is 1. The fourth-order valence-corrected chi connectivity index (χ4v) is 1.40. The molecule has 2 aromatic heterocycles. The molecule has 0 unspecified atom stereocenters. The van der Waals surface area contributed by atoms with Crippen LogP contribution in [0, 0.1) is 0 Å². The number of nitrogens with one attached hydrogen (secondary N) is 1. The first-order valence-electron chi connectivity index (χ1n) is 6.46. The molecule has 8 heteroatoms. The Kier molecular flexibility index (Phi) is 4.86. The smallest absolute Gasteiger partial charge is 0.342 e. The molecular weight excluding hydrogens is 280 g/mol. The van der Waals surface area contributed by atoms with Crippen molar-refractivity contribution in [1.29, 1.82) is 0 Å². The number of aryl methyl sites for hydroxylation is 1. The van der Waals surface area contributed by atoms with Crippen LogP contribution >= 0.6 is 0 Å². The van der Waals surface area contributed by atoms with Crippen LogP contribution in [0.1, 0.15) is 5.82 Å². The number of aromatic nitrogens is 3. The molecule has 0 bridgehead atoms. The second kappa shape index (κ2) is 7.02. The van der Waals surface area contributed by atoms with E-state index >= 15 is 0 Å². The largest absolute Gasteiger partial charge is 0.342 e. The van der Waals surface area contributed by atoms with Crippen LogP contribution in [0.2, 0.25) is 0 Å². The average Bonchev–Trinajstić information content (AvgIpc) is 3.02. The number of aromatic amines is 1. The zero-order valence-electron chi connectivity index (χ0n) is 12.5. The molecule has 2 rings (SSSR count). The minimum Gasteiger partial charge on any atom is -0.342 e. The molecule has 0 saturated carbocycles. The van der Waals surface area contributed by atoms with Crippen LogP contribution in [0.5, 0.6) is 0 Å². The van der Waals surface area contributed by atoms with Crippen molar-refractivity contribution in [1.82, 2.24) is 14.5 Å². The van der Waals surface area contributed by atoms with E-state index in [2.05, 4.69) is 43.7 Å². The number of rotatable bonds is 4. The molecule has 112 valence electrons. The fourth-order valence-electron chi connectivity index (χ4n) is 1.40. The maximum absolute atomic E-state index is 4.16. The van der Waals surface area contributed by atoms with Crippen LogP contribution in [0.15, 0.2) is 69.6 Å². The predicted molar refractivity (Wildman–Crippen MR) is 83.4 cm³/mol. The Morgan fingerprint density at radius 1 is 1.36 bits per heavy atom. The van der Waals surface area contributed by atoms with E-state index in [-0.39, 0.29) is 5.84 Å². The van der Waals surface area contributed by atoms with Gasteiger partial charge in [0.15, 0.2) is 11.3 Å². The summed E-state index contributed by atoms with van der Waals surface area (Å²) in [6, 6.07) is 5.62. The molecule has 0 radical (unpaired) electrons. The fraction of sp³-hybridized carbons (Fsp3) is 0.143. The van der Waals surface area contributed by atoms with Crippen LogP contribution < -0.4 is 5.49 Å². The van der Waals surface area contributed by atoms with Gasteiger partial charge in [-0.3, -0.25) is 0 Å². The topological polar surface area (TPSA) is 86.1 Å². The number of nitrogens with zero attached hydrogens (tertiary/aromatic N) is 7. The normalized spacial score (nSPS) is 12.8. The van der Waals surface area contributed by atoms with E-state index in [4.69, 9.17) is 0 Å². The summed E-state index contributed by atoms with van der Waals surface area (Å²) in [5, 5.41) is 16.3. The Morgan fingerprint density at radius 3 is 2.82 bits per heavy atom. The summed E-state index contributed by atoms with van der Waals surface area (Å²) >= 11 is 0. The molecule has 0 saturated heterocycles. The Balaban J connectivity index is 2.40. The number of pyridine rings is 1. The zero-order valence-corrected chi connectivity index (χ0v) is 12.5. The van der Waals surface area contributed by atoms with Gasteiger partial charge < -0.3 is 9.55 Å². The molecule has 22 heavy (non-hydrogen) atoms. The third-order valence-corrected chi connectivity index (χ3v) is 2.69. The van der Waals surface area contributed by atoms with Crippen molar-refractivity contribution >= 4 is 12.6 Å². The van der Waals surface area contributed by atoms with Crippen molar-refractivity contribution in [2.45, 2.75) is 0 Å². The lowest BCUT2D eigenvalue weighted by Crippen LogP contribution is -2.15. The maximum atomic E-state index is 4.16. The van der Waals surface area contributed by atoms with E-state index in [1.54, 1.807) is 19.4 Å². The van der Waals surface area contributed by atoms with Gasteiger partial charge in [-0.2, -0.15) is 0 Å². The molecule has 2 aromatic rings. The Hall–Kier alpha value is -3.16. The van der Waals surface area contributed by atoms with E-state index in [0.717, 1.165) is 0 Å². The van der Waals surface area contributed by atoms with Gasteiger partial charge in [0, 0.05) is 25.6 Å². The number of imidazole rings is 1. The molecule has 0 spiro atoms. The molecule has 1 N–H and O–H groups in total. The highest BCUT2D eigenvalue weighted by Gasteiger charge is 2.09. The van der Waals surface area contributed by atoms with Gasteiger partial charge in [-0.05, 0) is 23.8 Å². The number of hydrogen-bond donors (Lipinski definition) is 1. The lowest BCUT2D eigenvalue weighted by molar-refractivity contribution is -0.435. The first-order chi connectivity index (χ1) is 10.6. The summed E-state index contributed by atoms with van der Waals surface area (Å²) in [5.74, 6) is 1.10. The van der Waals surface area contributed by atoms with Gasteiger partial charge in [0.25, 0.3) is 5.84 Å². The van der Waals surface area contributed by atoms with Crippen molar-refractivity contribution in [3.8, 4) is 0 Å². The van der Waals surface area contributed by atoms with Gasteiger partial charge in [-0.1, -0.05) is 6.07 Å². The van der Waals surface area contributed by atoms with Gasteiger partial charge in [-0.25, -0.2) is 9.56 Å². The maximum Gasteiger partial charge on any atom is 0.342 e. The van der Waals surface area contributed by atoms with Crippen molar-refractivity contribution in [3.05, 3.63) is 60.5 Å². The van der Waals surface area contributed by atoms with Gasteiger partial charge in [0.2, 0.25) is 0 Å². The molecule has 0 aliphatic heterocycles. The first-order valence-corrected chi connectivity index (χ1v) is 6.46. The van der Waals surface area contributed by atoms with Crippen molar-refractivity contribution in [3.63, 3.8) is 0 Å². The lowest BCUT2D eigenvalue weighted by atomic mass is 10.5. The molecular formula is C14H17N8+. The van der Waals surface area contributed by atoms with Gasteiger partial charge in [-0.15, -0.1) is 10.2 Å². The van der Waals surface area contributed by atoms with Gasteiger partial charge in [0.1, 0.15) is 0 Å². The molecule has 0 atom stereocenters.